The molecular formula is C28H34N4O9. The van der Waals surface area contributed by atoms with Gasteiger partial charge < -0.3 is 40.3 Å². The average molecular weight is 571 g/mol. The van der Waals surface area contributed by atoms with Crippen molar-refractivity contribution in [2.24, 2.45) is 0 Å². The van der Waals surface area contributed by atoms with Crippen LogP contribution in [0.25, 0.3) is 22.4 Å². The zero-order valence-corrected chi connectivity index (χ0v) is 22.4. The predicted octanol–water partition coefficient (Wildman–Crippen LogP) is 0.168. The van der Waals surface area contributed by atoms with Crippen molar-refractivity contribution in [3.05, 3.63) is 60.8 Å². The van der Waals surface area contributed by atoms with Crippen LogP contribution in [0.5, 0.6) is 0 Å². The Morgan fingerprint density at radius 2 is 1.78 bits per heavy atom. The molecule has 2 heterocycles. The summed E-state index contributed by atoms with van der Waals surface area (Å²) in [6, 6.07) is 16.6. The molecule has 1 fully saturated rings. The van der Waals surface area contributed by atoms with Crippen LogP contribution in [0, 0.1) is 0 Å². The van der Waals surface area contributed by atoms with Gasteiger partial charge in [-0.3, -0.25) is 9.48 Å². The molecule has 6 atom stereocenters. The maximum Gasteiger partial charge on any atom is 0.364 e. The van der Waals surface area contributed by atoms with Crippen molar-refractivity contribution < 1.29 is 44.6 Å². The van der Waals surface area contributed by atoms with Crippen LogP contribution in [-0.2, 0) is 25.6 Å². The van der Waals surface area contributed by atoms with E-state index in [9.17, 15) is 35.1 Å². The summed E-state index contributed by atoms with van der Waals surface area (Å²) in [4.78, 5) is 23.9. The fraction of sp³-hybridized carbons (Fsp3) is 0.429. The van der Waals surface area contributed by atoms with Gasteiger partial charge in [-0.05, 0) is 17.5 Å². The monoisotopic (exact) mass is 570 g/mol. The maximum absolute atomic E-state index is 12.2. The lowest BCUT2D eigenvalue weighted by molar-refractivity contribution is -0.311. The quantitative estimate of drug-likeness (QED) is 0.162. The van der Waals surface area contributed by atoms with Crippen LogP contribution >= 0.6 is 0 Å². The Morgan fingerprint density at radius 1 is 1.12 bits per heavy atom. The maximum atomic E-state index is 12.2. The third-order valence-electron chi connectivity index (χ3n) is 6.88. The number of aliphatic hydroxyl groups excluding tert-OH is 4. The molecule has 0 radical (unpaired) electrons. The number of aromatic nitrogens is 3. The number of aliphatic hydroxyl groups is 4. The molecule has 0 saturated carbocycles. The highest BCUT2D eigenvalue weighted by atomic mass is 16.7. The van der Waals surface area contributed by atoms with Gasteiger partial charge in [0.05, 0.1) is 31.6 Å². The van der Waals surface area contributed by atoms with Gasteiger partial charge in [0.1, 0.15) is 24.0 Å². The Kier molecular flexibility index (Phi) is 9.81. The van der Waals surface area contributed by atoms with Crippen molar-refractivity contribution >= 4 is 11.9 Å². The number of carbonyl (C=O) groups is 2. The molecule has 220 valence electrons. The Bertz CT molecular complexity index is 1300. The molecule has 1 aliphatic rings. The molecule has 41 heavy (non-hydrogen) atoms. The molecule has 3 aromatic rings. The number of nitrogens with one attached hydrogen (secondary N) is 1. The predicted molar refractivity (Wildman–Crippen MR) is 144 cm³/mol. The van der Waals surface area contributed by atoms with Gasteiger partial charge in [-0.1, -0.05) is 59.8 Å². The van der Waals surface area contributed by atoms with Crippen LogP contribution < -0.4 is 5.32 Å². The zero-order chi connectivity index (χ0) is 29.6. The van der Waals surface area contributed by atoms with E-state index >= 15 is 0 Å². The van der Waals surface area contributed by atoms with Gasteiger partial charge in [0.2, 0.25) is 5.91 Å². The van der Waals surface area contributed by atoms with Gasteiger partial charge in [0, 0.05) is 25.5 Å². The smallest absolute Gasteiger partial charge is 0.364 e. The molecule has 6 N–H and O–H groups in total. The second kappa shape index (κ2) is 13.3. The van der Waals surface area contributed by atoms with E-state index in [4.69, 9.17) is 9.47 Å². The molecule has 0 spiro atoms. The van der Waals surface area contributed by atoms with Gasteiger partial charge in [-0.15, -0.1) is 5.10 Å². The molecule has 0 bridgehead atoms. The minimum Gasteiger partial charge on any atom is -0.477 e. The molecule has 1 aliphatic heterocycles. The minimum absolute atomic E-state index is 0.129. The van der Waals surface area contributed by atoms with Crippen molar-refractivity contribution in [3.8, 4) is 22.4 Å². The van der Waals surface area contributed by atoms with Gasteiger partial charge in [0.25, 0.3) is 5.79 Å². The summed E-state index contributed by atoms with van der Waals surface area (Å²) in [5, 5.41) is 61.0. The Hall–Kier alpha value is -3.72. The summed E-state index contributed by atoms with van der Waals surface area (Å²) in [6.07, 6.45) is -5.14. The van der Waals surface area contributed by atoms with Crippen LogP contribution in [-0.4, -0.2) is 102 Å². The van der Waals surface area contributed by atoms with Gasteiger partial charge in [-0.2, -0.15) is 0 Å². The first-order chi connectivity index (χ1) is 19.6. The molecule has 0 aliphatic carbocycles. The van der Waals surface area contributed by atoms with E-state index in [0.717, 1.165) is 16.7 Å². The van der Waals surface area contributed by atoms with E-state index in [1.165, 1.54) is 6.92 Å². The molecule has 2 aromatic carbocycles. The normalized spacial score (nSPS) is 24.0. The van der Waals surface area contributed by atoms with Crippen LogP contribution in [0.1, 0.15) is 19.8 Å². The summed E-state index contributed by atoms with van der Waals surface area (Å²) in [5.41, 5.74) is 3.72. The number of carboxylic acid groups (broad SMARTS) is 1. The average Bonchev–Trinajstić information content (AvgIpc) is 3.45. The van der Waals surface area contributed by atoms with Gasteiger partial charge in [-0.25, -0.2) is 4.79 Å². The van der Waals surface area contributed by atoms with E-state index in [-0.39, 0.29) is 6.61 Å². The summed E-state index contributed by atoms with van der Waals surface area (Å²) >= 11 is 0. The second-order valence-corrected chi connectivity index (χ2v) is 9.89. The number of rotatable bonds is 12. The summed E-state index contributed by atoms with van der Waals surface area (Å²) < 4.78 is 12.8. The lowest BCUT2D eigenvalue weighted by Gasteiger charge is -2.46. The van der Waals surface area contributed by atoms with E-state index < -0.39 is 61.1 Å². The highest BCUT2D eigenvalue weighted by molar-refractivity contribution is 5.76. The van der Waals surface area contributed by atoms with E-state index in [1.54, 1.807) is 10.9 Å². The molecule has 0 unspecified atom stereocenters. The lowest BCUT2D eigenvalue weighted by Crippen LogP contribution is -2.67. The van der Waals surface area contributed by atoms with Crippen LogP contribution in [0.3, 0.4) is 0 Å². The van der Waals surface area contributed by atoms with Crippen molar-refractivity contribution in [1.82, 2.24) is 20.3 Å². The third-order valence-corrected chi connectivity index (χ3v) is 6.88. The van der Waals surface area contributed by atoms with Crippen molar-refractivity contribution in [2.45, 2.75) is 62.6 Å². The van der Waals surface area contributed by atoms with E-state index in [1.807, 2.05) is 54.6 Å². The molecular weight excluding hydrogens is 536 g/mol. The standard InChI is InChI=1S/C28H34N4O9/c1-17(34)29-24-22(35)14-28(27(38)39,41-26(24)25(37)23(36)16-33)40-13-5-12-32-15-21(30-31-32)20-10-8-19(9-11-20)18-6-3-2-4-7-18/h2-4,6-11,15,22-26,33,35-37H,5,12-14,16H2,1H3,(H,29,34)(H,38,39)/t22-,23+,24+,25+,26+,28+/m0/s1. The van der Waals surface area contributed by atoms with Gasteiger partial charge in [0.15, 0.2) is 0 Å². The number of amides is 1. The van der Waals surface area contributed by atoms with Crippen molar-refractivity contribution in [3.63, 3.8) is 0 Å². The third kappa shape index (κ3) is 7.14. The number of carboxylic acids is 1. The SMILES string of the molecule is CC(=O)N[C@H]1[C@H]([C@H](O)[C@H](O)CO)O[C@@](OCCCn2cc(-c3ccc(-c4ccccc4)cc3)nn2)(C(=O)O)C[C@@H]1O. The highest BCUT2D eigenvalue weighted by Crippen LogP contribution is 2.34. The Balaban J connectivity index is 1.38. The molecule has 1 aromatic heterocycles. The summed E-state index contributed by atoms with van der Waals surface area (Å²) in [7, 11) is 0. The zero-order valence-electron chi connectivity index (χ0n) is 22.4. The first-order valence-electron chi connectivity index (χ1n) is 13.2. The molecule has 4 rings (SSSR count). The number of hydrogen-bond acceptors (Lipinski definition) is 10. The number of aliphatic carboxylic acids is 1. The fourth-order valence-corrected chi connectivity index (χ4v) is 4.74. The topological polar surface area (TPSA) is 196 Å². The summed E-state index contributed by atoms with van der Waals surface area (Å²) in [5.74, 6) is -4.50. The van der Waals surface area contributed by atoms with E-state index in [2.05, 4.69) is 15.6 Å². The van der Waals surface area contributed by atoms with Crippen LogP contribution in [0.4, 0.5) is 0 Å². The summed E-state index contributed by atoms with van der Waals surface area (Å²) in [6.45, 7) is 0.513. The van der Waals surface area contributed by atoms with Crippen LogP contribution in [0.2, 0.25) is 0 Å². The second-order valence-electron chi connectivity index (χ2n) is 9.89. The molecule has 1 saturated heterocycles. The number of carbonyl (C=O) groups excluding carboxylic acids is 1. The largest absolute Gasteiger partial charge is 0.477 e. The highest BCUT2D eigenvalue weighted by Gasteiger charge is 2.55. The first kappa shape index (κ1) is 30.2. The minimum atomic E-state index is -2.37. The fourth-order valence-electron chi connectivity index (χ4n) is 4.74. The Morgan fingerprint density at radius 3 is 2.41 bits per heavy atom. The number of hydrogen-bond donors (Lipinski definition) is 6. The van der Waals surface area contributed by atoms with Crippen molar-refractivity contribution in [1.29, 1.82) is 0 Å². The van der Waals surface area contributed by atoms with Crippen molar-refractivity contribution in [2.75, 3.05) is 13.2 Å². The first-order valence-corrected chi connectivity index (χ1v) is 13.2. The number of nitrogens with zero attached hydrogens (tertiary/aromatic N) is 3. The van der Waals surface area contributed by atoms with Gasteiger partial charge >= 0.3 is 5.97 Å². The number of aryl methyl sites for hydroxylation is 1. The molecule has 13 nitrogen and oxygen atoms in total. The molecule has 1 amide bonds. The Labute approximate surface area is 236 Å². The lowest BCUT2D eigenvalue weighted by atomic mass is 9.88. The number of benzene rings is 2. The van der Waals surface area contributed by atoms with Crippen LogP contribution in [0.15, 0.2) is 60.8 Å². The number of ether oxygens (including phenoxy) is 2. The molecule has 13 heteroatoms. The van der Waals surface area contributed by atoms with E-state index in [0.29, 0.717) is 18.7 Å².